The Morgan fingerprint density at radius 2 is 1.88 bits per heavy atom. The topological polar surface area (TPSA) is 56.0 Å². The number of rotatable bonds is 6. The molecule has 0 radical (unpaired) electrons. The van der Waals surface area contributed by atoms with Crippen molar-refractivity contribution in [2.45, 2.75) is 45.6 Å². The number of para-hydroxylation sites is 1. The van der Waals surface area contributed by atoms with Gasteiger partial charge in [-0.05, 0) is 55.5 Å². The van der Waals surface area contributed by atoms with E-state index in [0.29, 0.717) is 11.4 Å². The van der Waals surface area contributed by atoms with Crippen LogP contribution in [0.1, 0.15) is 43.4 Å². The lowest BCUT2D eigenvalue weighted by molar-refractivity contribution is 0.0214. The van der Waals surface area contributed by atoms with Crippen molar-refractivity contribution in [2.24, 2.45) is 5.92 Å². The lowest BCUT2D eigenvalue weighted by Gasteiger charge is -2.35. The number of hydrogen-bond donors (Lipinski definition) is 2. The van der Waals surface area contributed by atoms with Crippen LogP contribution in [-0.4, -0.2) is 15.7 Å². The number of hydrogen-bond acceptors (Lipinski definition) is 3. The van der Waals surface area contributed by atoms with E-state index in [0.717, 1.165) is 22.4 Å². The van der Waals surface area contributed by atoms with Crippen LogP contribution < -0.4 is 5.32 Å². The molecule has 0 bridgehead atoms. The summed E-state index contributed by atoms with van der Waals surface area (Å²) in [6.45, 7) is 7.68. The molecule has 136 valence electrons. The summed E-state index contributed by atoms with van der Waals surface area (Å²) in [4.78, 5) is 0.669. The maximum Gasteiger partial charge on any atom is 0.0877 e. The van der Waals surface area contributed by atoms with E-state index >= 15 is 0 Å². The maximum absolute atomic E-state index is 10.7. The van der Waals surface area contributed by atoms with Crippen LogP contribution >= 0.6 is 12.2 Å². The van der Waals surface area contributed by atoms with Crippen LogP contribution in [-0.2, 0) is 6.42 Å². The number of nitrogens with one attached hydrogen (secondary N) is 1. The molecule has 0 aliphatic rings. The highest BCUT2D eigenvalue weighted by molar-refractivity contribution is 7.80. The van der Waals surface area contributed by atoms with Gasteiger partial charge < -0.3 is 10.4 Å². The fourth-order valence-corrected chi connectivity index (χ4v) is 3.46. The van der Waals surface area contributed by atoms with Gasteiger partial charge in [-0.15, -0.1) is 0 Å². The van der Waals surface area contributed by atoms with E-state index < -0.39 is 5.60 Å². The van der Waals surface area contributed by atoms with E-state index in [9.17, 15) is 5.11 Å². The zero-order chi connectivity index (χ0) is 19.3. The molecule has 0 spiro atoms. The lowest BCUT2D eigenvalue weighted by Crippen LogP contribution is -2.38. The molecule has 3 nitrogen and oxygen atoms in total. The third kappa shape index (κ3) is 4.91. The second kappa shape index (κ2) is 8.44. The fraction of sp³-hybridized carbons (Fsp3) is 0.364. The Labute approximate surface area is 161 Å². The van der Waals surface area contributed by atoms with Crippen LogP contribution in [0.3, 0.4) is 0 Å². The van der Waals surface area contributed by atoms with Crippen LogP contribution in [0.25, 0.3) is 0 Å². The van der Waals surface area contributed by atoms with E-state index in [2.05, 4.69) is 11.4 Å². The lowest BCUT2D eigenvalue weighted by atomic mass is 9.76. The molecule has 0 aliphatic carbocycles. The SMILES string of the molecule is Cc1ccc(CC#N)cc1[C@@H](C(=S)Nc1ccccc1)[C@@H](C)C(C)(C)O. The van der Waals surface area contributed by atoms with Gasteiger partial charge in [0.05, 0.1) is 23.1 Å². The highest BCUT2D eigenvalue weighted by Crippen LogP contribution is 2.36. The molecule has 2 N–H and O–H groups in total. The largest absolute Gasteiger partial charge is 0.390 e. The van der Waals surface area contributed by atoms with Crippen LogP contribution in [0, 0.1) is 24.2 Å². The fourth-order valence-electron chi connectivity index (χ4n) is 3.01. The van der Waals surface area contributed by atoms with E-state index in [1.54, 1.807) is 0 Å². The zero-order valence-corrected chi connectivity index (χ0v) is 16.6. The molecule has 0 fully saturated rings. The van der Waals surface area contributed by atoms with E-state index in [-0.39, 0.29) is 11.8 Å². The van der Waals surface area contributed by atoms with Gasteiger partial charge in [-0.2, -0.15) is 5.26 Å². The zero-order valence-electron chi connectivity index (χ0n) is 15.8. The molecule has 0 aromatic heterocycles. The van der Waals surface area contributed by atoms with Crippen molar-refractivity contribution in [1.29, 1.82) is 5.26 Å². The van der Waals surface area contributed by atoms with Crippen molar-refractivity contribution in [3.63, 3.8) is 0 Å². The summed E-state index contributed by atoms with van der Waals surface area (Å²) in [5, 5.41) is 23.0. The van der Waals surface area contributed by atoms with Crippen molar-refractivity contribution >= 4 is 22.9 Å². The Kier molecular flexibility index (Phi) is 6.52. The first-order valence-electron chi connectivity index (χ1n) is 8.78. The smallest absolute Gasteiger partial charge is 0.0877 e. The second-order valence-electron chi connectivity index (χ2n) is 7.30. The Morgan fingerprint density at radius 3 is 2.46 bits per heavy atom. The summed E-state index contributed by atoms with van der Waals surface area (Å²) >= 11 is 5.76. The van der Waals surface area contributed by atoms with Gasteiger partial charge in [0.1, 0.15) is 0 Å². The minimum atomic E-state index is -0.898. The van der Waals surface area contributed by atoms with Crippen molar-refractivity contribution < 1.29 is 5.11 Å². The minimum Gasteiger partial charge on any atom is -0.390 e. The number of thiocarbonyl (C=S) groups is 1. The highest BCUT2D eigenvalue weighted by Gasteiger charge is 2.34. The summed E-state index contributed by atoms with van der Waals surface area (Å²) in [5.74, 6) is -0.272. The maximum atomic E-state index is 10.7. The monoisotopic (exact) mass is 366 g/mol. The molecule has 2 atom stereocenters. The van der Waals surface area contributed by atoms with Gasteiger partial charge >= 0.3 is 0 Å². The van der Waals surface area contributed by atoms with Crippen LogP contribution in [0.4, 0.5) is 5.69 Å². The normalized spacial score (nSPS) is 13.5. The molecule has 4 heteroatoms. The standard InChI is InChI=1S/C22H26N2OS/c1-15-10-11-17(12-13-23)14-19(15)20(16(2)22(3,4)25)21(26)24-18-8-6-5-7-9-18/h5-11,14,16,20,25H,12H2,1-4H3,(H,24,26)/t16-,20+/m1/s1. The molecule has 2 aromatic carbocycles. The number of nitrogens with zero attached hydrogens (tertiary/aromatic N) is 1. The number of aliphatic hydroxyl groups is 1. The van der Waals surface area contributed by atoms with Crippen LogP contribution in [0.15, 0.2) is 48.5 Å². The van der Waals surface area contributed by atoms with Gasteiger partial charge in [0, 0.05) is 11.6 Å². The highest BCUT2D eigenvalue weighted by atomic mass is 32.1. The quantitative estimate of drug-likeness (QED) is 0.707. The first-order valence-corrected chi connectivity index (χ1v) is 9.19. The van der Waals surface area contributed by atoms with Crippen molar-refractivity contribution in [3.8, 4) is 6.07 Å². The predicted octanol–water partition coefficient (Wildman–Crippen LogP) is 4.99. The Morgan fingerprint density at radius 1 is 1.23 bits per heavy atom. The van der Waals surface area contributed by atoms with Gasteiger partial charge in [0.25, 0.3) is 0 Å². The number of nitriles is 1. The first-order chi connectivity index (χ1) is 12.2. The number of aryl methyl sites for hydroxylation is 1. The van der Waals surface area contributed by atoms with Crippen molar-refractivity contribution in [1.82, 2.24) is 0 Å². The number of benzene rings is 2. The summed E-state index contributed by atoms with van der Waals surface area (Å²) in [7, 11) is 0. The number of anilines is 1. The molecule has 0 aliphatic heterocycles. The molecule has 0 saturated heterocycles. The Bertz CT molecular complexity index is 803. The average Bonchev–Trinajstić information content (AvgIpc) is 2.58. The second-order valence-corrected chi connectivity index (χ2v) is 7.74. The Balaban J connectivity index is 2.46. The Hall–Kier alpha value is -2.22. The predicted molar refractivity (Wildman–Crippen MR) is 111 cm³/mol. The van der Waals surface area contributed by atoms with Crippen molar-refractivity contribution in [2.75, 3.05) is 5.32 Å². The molecule has 2 aromatic rings. The van der Waals surface area contributed by atoms with Gasteiger partial charge in [-0.1, -0.05) is 55.5 Å². The summed E-state index contributed by atoms with van der Waals surface area (Å²) in [5.41, 5.74) is 3.15. The average molecular weight is 367 g/mol. The van der Waals surface area contributed by atoms with Gasteiger partial charge in [0.15, 0.2) is 0 Å². The molecular formula is C22H26N2OS. The summed E-state index contributed by atoms with van der Waals surface area (Å²) in [6, 6.07) is 18.1. The van der Waals surface area contributed by atoms with Gasteiger partial charge in [0.2, 0.25) is 0 Å². The van der Waals surface area contributed by atoms with Crippen LogP contribution in [0.2, 0.25) is 0 Å². The van der Waals surface area contributed by atoms with Gasteiger partial charge in [-0.3, -0.25) is 0 Å². The third-order valence-corrected chi connectivity index (χ3v) is 5.26. The molecule has 2 rings (SSSR count). The van der Waals surface area contributed by atoms with Crippen LogP contribution in [0.5, 0.6) is 0 Å². The van der Waals surface area contributed by atoms with E-state index in [4.69, 9.17) is 17.5 Å². The van der Waals surface area contributed by atoms with E-state index in [1.807, 2.05) is 76.2 Å². The summed E-state index contributed by atoms with van der Waals surface area (Å²) < 4.78 is 0. The summed E-state index contributed by atoms with van der Waals surface area (Å²) in [6.07, 6.45) is 0.357. The minimum absolute atomic E-state index is 0.109. The van der Waals surface area contributed by atoms with E-state index in [1.165, 1.54) is 0 Å². The molecule has 0 saturated carbocycles. The molecule has 0 heterocycles. The molecule has 26 heavy (non-hydrogen) atoms. The van der Waals surface area contributed by atoms with Gasteiger partial charge in [-0.25, -0.2) is 0 Å². The molecule has 0 unspecified atom stereocenters. The molecule has 0 amide bonds. The third-order valence-electron chi connectivity index (χ3n) is 4.90. The van der Waals surface area contributed by atoms with Crippen molar-refractivity contribution in [3.05, 3.63) is 65.2 Å². The first kappa shape index (κ1) is 20.1. The molecular weight excluding hydrogens is 340 g/mol.